The van der Waals surface area contributed by atoms with Crippen LogP contribution in [-0.2, 0) is 0 Å². The summed E-state index contributed by atoms with van der Waals surface area (Å²) in [5.74, 6) is 0. The highest BCUT2D eigenvalue weighted by Crippen LogP contribution is 2.15. The lowest BCUT2D eigenvalue weighted by molar-refractivity contribution is -0.0788. The summed E-state index contributed by atoms with van der Waals surface area (Å²) in [5, 5.41) is 36.1. The van der Waals surface area contributed by atoms with Crippen molar-refractivity contribution in [3.8, 4) is 0 Å². The van der Waals surface area contributed by atoms with Gasteiger partial charge in [-0.2, -0.15) is 0 Å². The number of nitrogens with one attached hydrogen (secondary N) is 1. The number of imidazole rings is 1. The van der Waals surface area contributed by atoms with Crippen LogP contribution in [0.15, 0.2) is 12.5 Å². The SMILES string of the molecule is OC[C@H](O)[C@@H](O)[C@H](O)c1cnc[nH]1. The van der Waals surface area contributed by atoms with Gasteiger partial charge >= 0.3 is 0 Å². The normalized spacial score (nSPS) is 18.2. The molecule has 0 aromatic carbocycles. The van der Waals surface area contributed by atoms with Crippen molar-refractivity contribution in [1.29, 1.82) is 0 Å². The molecular formula is C7H12N2O4. The van der Waals surface area contributed by atoms with Crippen LogP contribution in [0.3, 0.4) is 0 Å². The zero-order valence-corrected chi connectivity index (χ0v) is 6.83. The number of hydrogen-bond acceptors (Lipinski definition) is 5. The summed E-state index contributed by atoms with van der Waals surface area (Å²) in [6, 6.07) is 0. The van der Waals surface area contributed by atoms with Gasteiger partial charge in [-0.1, -0.05) is 0 Å². The highest BCUT2D eigenvalue weighted by molar-refractivity contribution is 5.02. The molecule has 0 aliphatic heterocycles. The molecule has 0 bridgehead atoms. The zero-order chi connectivity index (χ0) is 9.84. The number of aromatic amines is 1. The maximum atomic E-state index is 9.39. The quantitative estimate of drug-likeness (QED) is 0.381. The summed E-state index contributed by atoms with van der Waals surface area (Å²) in [6.45, 7) is -0.605. The number of aliphatic hydroxyl groups is 4. The Balaban J connectivity index is 2.62. The second-order valence-corrected chi connectivity index (χ2v) is 2.69. The number of rotatable bonds is 4. The molecule has 5 N–H and O–H groups in total. The summed E-state index contributed by atoms with van der Waals surface area (Å²) in [7, 11) is 0. The monoisotopic (exact) mass is 188 g/mol. The Morgan fingerprint density at radius 3 is 2.54 bits per heavy atom. The summed E-state index contributed by atoms with van der Waals surface area (Å²) in [5.41, 5.74) is 0.292. The number of aromatic nitrogens is 2. The molecule has 74 valence electrons. The first-order chi connectivity index (χ1) is 6.16. The van der Waals surface area contributed by atoms with Crippen molar-refractivity contribution in [3.63, 3.8) is 0 Å². The molecule has 13 heavy (non-hydrogen) atoms. The fourth-order valence-corrected chi connectivity index (χ4v) is 0.931. The minimum atomic E-state index is -1.43. The van der Waals surface area contributed by atoms with E-state index in [9.17, 15) is 10.2 Å². The first-order valence-electron chi connectivity index (χ1n) is 3.80. The van der Waals surface area contributed by atoms with Gasteiger partial charge in [0.15, 0.2) is 0 Å². The third kappa shape index (κ3) is 2.25. The molecule has 6 nitrogen and oxygen atoms in total. The van der Waals surface area contributed by atoms with Gasteiger partial charge < -0.3 is 25.4 Å². The van der Waals surface area contributed by atoms with Gasteiger partial charge in [0.05, 0.1) is 24.8 Å². The molecule has 0 saturated carbocycles. The number of hydrogen-bond donors (Lipinski definition) is 5. The molecule has 0 amide bonds. The lowest BCUT2D eigenvalue weighted by Crippen LogP contribution is -2.34. The highest BCUT2D eigenvalue weighted by Gasteiger charge is 2.26. The van der Waals surface area contributed by atoms with Crippen LogP contribution in [0, 0.1) is 0 Å². The van der Waals surface area contributed by atoms with Crippen molar-refractivity contribution in [2.45, 2.75) is 18.3 Å². The van der Waals surface area contributed by atoms with E-state index >= 15 is 0 Å². The molecule has 1 heterocycles. The Kier molecular flexibility index (Phi) is 3.38. The van der Waals surface area contributed by atoms with E-state index in [1.165, 1.54) is 12.5 Å². The Morgan fingerprint density at radius 1 is 1.38 bits per heavy atom. The smallest absolute Gasteiger partial charge is 0.124 e. The van der Waals surface area contributed by atoms with Gasteiger partial charge in [-0.05, 0) is 0 Å². The van der Waals surface area contributed by atoms with Crippen LogP contribution in [0.25, 0.3) is 0 Å². The van der Waals surface area contributed by atoms with Crippen molar-refractivity contribution < 1.29 is 20.4 Å². The molecule has 1 rings (SSSR count). The first-order valence-corrected chi connectivity index (χ1v) is 3.80. The molecule has 0 saturated heterocycles. The van der Waals surface area contributed by atoms with Crippen molar-refractivity contribution in [3.05, 3.63) is 18.2 Å². The van der Waals surface area contributed by atoms with Crippen molar-refractivity contribution in [2.24, 2.45) is 0 Å². The second kappa shape index (κ2) is 4.33. The van der Waals surface area contributed by atoms with E-state index < -0.39 is 24.9 Å². The summed E-state index contributed by atoms with van der Waals surface area (Å²) in [6.07, 6.45) is -1.39. The van der Waals surface area contributed by atoms with Crippen molar-refractivity contribution in [1.82, 2.24) is 9.97 Å². The molecule has 0 aliphatic carbocycles. The number of nitrogens with zero attached hydrogens (tertiary/aromatic N) is 1. The van der Waals surface area contributed by atoms with Crippen LogP contribution >= 0.6 is 0 Å². The van der Waals surface area contributed by atoms with Gasteiger partial charge in [0.25, 0.3) is 0 Å². The van der Waals surface area contributed by atoms with E-state index in [2.05, 4.69) is 9.97 Å². The van der Waals surface area contributed by atoms with Gasteiger partial charge in [-0.3, -0.25) is 0 Å². The maximum absolute atomic E-state index is 9.39. The fourth-order valence-electron chi connectivity index (χ4n) is 0.931. The highest BCUT2D eigenvalue weighted by atomic mass is 16.4. The molecule has 6 heteroatoms. The Morgan fingerprint density at radius 2 is 2.08 bits per heavy atom. The standard InChI is InChI=1S/C7H12N2O4/c10-2-5(11)7(13)6(12)4-1-8-3-9-4/h1,3,5-7,10-13H,2H2,(H,8,9)/t5-,6+,7+/m0/s1. The lowest BCUT2D eigenvalue weighted by Gasteiger charge is -2.20. The topological polar surface area (TPSA) is 110 Å². The molecule has 1 aromatic rings. The molecule has 0 fully saturated rings. The van der Waals surface area contributed by atoms with Crippen LogP contribution in [0.5, 0.6) is 0 Å². The van der Waals surface area contributed by atoms with Crippen LogP contribution in [0.2, 0.25) is 0 Å². The van der Waals surface area contributed by atoms with Crippen molar-refractivity contribution >= 4 is 0 Å². The minimum absolute atomic E-state index is 0.292. The van der Waals surface area contributed by atoms with Crippen LogP contribution in [0.1, 0.15) is 11.8 Å². The van der Waals surface area contributed by atoms with Gasteiger partial charge in [0.1, 0.15) is 18.3 Å². The average molecular weight is 188 g/mol. The molecule has 0 unspecified atom stereocenters. The van der Waals surface area contributed by atoms with E-state index in [1.807, 2.05) is 0 Å². The Labute approximate surface area is 74.5 Å². The van der Waals surface area contributed by atoms with E-state index in [0.29, 0.717) is 5.69 Å². The first kappa shape index (κ1) is 10.1. The fraction of sp³-hybridized carbons (Fsp3) is 0.571. The third-order valence-electron chi connectivity index (χ3n) is 1.74. The maximum Gasteiger partial charge on any atom is 0.124 e. The predicted molar refractivity (Wildman–Crippen MR) is 42.6 cm³/mol. The molecular weight excluding hydrogens is 176 g/mol. The van der Waals surface area contributed by atoms with E-state index in [4.69, 9.17) is 10.2 Å². The molecule has 1 aromatic heterocycles. The van der Waals surface area contributed by atoms with Gasteiger partial charge in [-0.25, -0.2) is 4.98 Å². The largest absolute Gasteiger partial charge is 0.394 e. The molecule has 0 spiro atoms. The number of H-pyrrole nitrogens is 1. The Hall–Kier alpha value is -0.950. The van der Waals surface area contributed by atoms with Gasteiger partial charge in [-0.15, -0.1) is 0 Å². The minimum Gasteiger partial charge on any atom is -0.394 e. The predicted octanol–water partition coefficient (Wildman–Crippen LogP) is -1.84. The van der Waals surface area contributed by atoms with E-state index in [-0.39, 0.29) is 0 Å². The summed E-state index contributed by atoms with van der Waals surface area (Å²) in [4.78, 5) is 6.22. The van der Waals surface area contributed by atoms with Crippen LogP contribution in [-0.4, -0.2) is 49.2 Å². The van der Waals surface area contributed by atoms with Crippen molar-refractivity contribution in [2.75, 3.05) is 6.61 Å². The molecule has 0 aliphatic rings. The van der Waals surface area contributed by atoms with Gasteiger partial charge in [0, 0.05) is 0 Å². The van der Waals surface area contributed by atoms with E-state index in [1.54, 1.807) is 0 Å². The second-order valence-electron chi connectivity index (χ2n) is 2.69. The number of aliphatic hydroxyl groups excluding tert-OH is 4. The van der Waals surface area contributed by atoms with Gasteiger partial charge in [0.2, 0.25) is 0 Å². The lowest BCUT2D eigenvalue weighted by atomic mass is 10.1. The van der Waals surface area contributed by atoms with Crippen LogP contribution in [0.4, 0.5) is 0 Å². The summed E-state index contributed by atoms with van der Waals surface area (Å²) < 4.78 is 0. The summed E-state index contributed by atoms with van der Waals surface area (Å²) >= 11 is 0. The average Bonchev–Trinajstić information content (AvgIpc) is 2.67. The molecule has 3 atom stereocenters. The molecule has 0 radical (unpaired) electrons. The zero-order valence-electron chi connectivity index (χ0n) is 6.83. The third-order valence-corrected chi connectivity index (χ3v) is 1.74. The van der Waals surface area contributed by atoms with Crippen LogP contribution < -0.4 is 0 Å². The van der Waals surface area contributed by atoms with E-state index in [0.717, 1.165) is 0 Å². The Bertz CT molecular complexity index is 239.